The fourth-order valence-electron chi connectivity index (χ4n) is 1.05. The largest absolute Gasteiger partial charge is 0.377 e. The molecule has 1 unspecified atom stereocenters. The molecule has 0 aromatic heterocycles. The molecule has 0 aliphatic heterocycles. The summed E-state index contributed by atoms with van der Waals surface area (Å²) in [7, 11) is 1.38. The van der Waals surface area contributed by atoms with E-state index in [0.717, 1.165) is 0 Å². The molecule has 0 aromatic rings. The van der Waals surface area contributed by atoms with Gasteiger partial charge in [0, 0.05) is 7.11 Å². The van der Waals surface area contributed by atoms with Gasteiger partial charge in [0.1, 0.15) is 6.61 Å². The Balaban J connectivity index is 2.87. The topological polar surface area (TPSA) is 69.4 Å². The minimum atomic E-state index is -1.52. The Hall–Kier alpha value is -1.26. The molecule has 0 amide bonds. The van der Waals surface area contributed by atoms with E-state index in [4.69, 9.17) is 5.73 Å². The van der Waals surface area contributed by atoms with E-state index in [1.54, 1.807) is 12.2 Å². The van der Waals surface area contributed by atoms with E-state index >= 15 is 0 Å². The Kier molecular flexibility index (Phi) is 2.75. The van der Waals surface area contributed by atoms with Crippen LogP contribution < -0.4 is 5.73 Å². The number of hydrogen-bond donors (Lipinski definition) is 1. The van der Waals surface area contributed by atoms with Gasteiger partial charge >= 0.3 is 0 Å². The summed E-state index contributed by atoms with van der Waals surface area (Å²) in [6.07, 6.45) is 5.80. The molecule has 0 radical (unpaired) electrons. The first-order chi connectivity index (χ1) is 6.11. The number of ketones is 2. The summed E-state index contributed by atoms with van der Waals surface area (Å²) in [5, 5.41) is 0. The summed E-state index contributed by atoms with van der Waals surface area (Å²) in [4.78, 5) is 22.7. The summed E-state index contributed by atoms with van der Waals surface area (Å²) in [5.74, 6) is -0.836. The van der Waals surface area contributed by atoms with E-state index in [2.05, 4.69) is 4.74 Å². The Morgan fingerprint density at radius 2 is 2.31 bits per heavy atom. The molecular formula is C9H11NO3. The van der Waals surface area contributed by atoms with E-state index in [1.165, 1.54) is 19.3 Å². The monoisotopic (exact) mass is 181 g/mol. The molecule has 1 rings (SSSR count). The van der Waals surface area contributed by atoms with E-state index in [1.807, 2.05) is 0 Å². The molecule has 13 heavy (non-hydrogen) atoms. The number of rotatable bonds is 3. The average Bonchev–Trinajstić information content (AvgIpc) is 2.11. The zero-order valence-corrected chi connectivity index (χ0v) is 7.32. The standard InChI is InChI=1S/C9H11NO3/c1-13-6-8(12)9(10)5-3-2-4-7(9)11/h2-5H,6,10H2,1H3. The highest BCUT2D eigenvalue weighted by molar-refractivity contribution is 6.18. The van der Waals surface area contributed by atoms with Crippen LogP contribution in [0.15, 0.2) is 24.3 Å². The molecule has 1 atom stereocenters. The molecule has 0 saturated heterocycles. The first-order valence-electron chi connectivity index (χ1n) is 3.82. The predicted molar refractivity (Wildman–Crippen MR) is 47.1 cm³/mol. The third kappa shape index (κ3) is 1.74. The molecule has 1 aliphatic rings. The third-order valence-electron chi connectivity index (χ3n) is 1.86. The minimum absolute atomic E-state index is 0.152. The van der Waals surface area contributed by atoms with Gasteiger partial charge < -0.3 is 10.5 Å². The van der Waals surface area contributed by atoms with Gasteiger partial charge in [0.15, 0.2) is 17.1 Å². The highest BCUT2D eigenvalue weighted by Crippen LogP contribution is 2.12. The van der Waals surface area contributed by atoms with Gasteiger partial charge in [0.05, 0.1) is 0 Å². The van der Waals surface area contributed by atoms with Crippen molar-refractivity contribution in [3.05, 3.63) is 24.3 Å². The summed E-state index contributed by atoms with van der Waals surface area (Å²) < 4.78 is 4.63. The normalized spacial score (nSPS) is 26.5. The Labute approximate surface area is 76.1 Å². The molecule has 0 heterocycles. The van der Waals surface area contributed by atoms with Crippen molar-refractivity contribution in [2.45, 2.75) is 5.54 Å². The van der Waals surface area contributed by atoms with Crippen molar-refractivity contribution < 1.29 is 14.3 Å². The Morgan fingerprint density at radius 1 is 1.62 bits per heavy atom. The number of Topliss-reactive ketones (excluding diaryl/α,β-unsaturated/α-hetero) is 1. The Morgan fingerprint density at radius 3 is 2.85 bits per heavy atom. The fourth-order valence-corrected chi connectivity index (χ4v) is 1.05. The molecule has 4 nitrogen and oxygen atoms in total. The second-order valence-corrected chi connectivity index (χ2v) is 2.81. The number of methoxy groups -OCH3 is 1. The lowest BCUT2D eigenvalue weighted by atomic mass is 9.87. The average molecular weight is 181 g/mol. The highest BCUT2D eigenvalue weighted by Gasteiger charge is 2.38. The first-order valence-corrected chi connectivity index (χ1v) is 3.82. The van der Waals surface area contributed by atoms with Crippen LogP contribution in [-0.2, 0) is 14.3 Å². The quantitative estimate of drug-likeness (QED) is 0.601. The number of ether oxygens (including phenoxy) is 1. The molecule has 2 N–H and O–H groups in total. The smallest absolute Gasteiger partial charge is 0.190 e. The van der Waals surface area contributed by atoms with E-state index in [-0.39, 0.29) is 6.61 Å². The molecule has 0 fully saturated rings. The number of carbonyl (C=O) groups is 2. The van der Waals surface area contributed by atoms with Crippen LogP contribution in [0.2, 0.25) is 0 Å². The molecule has 0 aromatic carbocycles. The van der Waals surface area contributed by atoms with Crippen molar-refractivity contribution in [1.82, 2.24) is 0 Å². The van der Waals surface area contributed by atoms with Crippen molar-refractivity contribution in [2.75, 3.05) is 13.7 Å². The molecule has 1 aliphatic carbocycles. The lowest BCUT2D eigenvalue weighted by Crippen LogP contribution is -2.54. The van der Waals surface area contributed by atoms with E-state index in [9.17, 15) is 9.59 Å². The predicted octanol–water partition coefficient (Wildman–Crippen LogP) is -0.405. The van der Waals surface area contributed by atoms with Crippen LogP contribution in [0.1, 0.15) is 0 Å². The molecule has 70 valence electrons. The second kappa shape index (κ2) is 3.64. The molecule has 0 spiro atoms. The number of nitrogens with two attached hydrogens (primary N) is 1. The number of hydrogen-bond acceptors (Lipinski definition) is 4. The van der Waals surface area contributed by atoms with Crippen molar-refractivity contribution in [1.29, 1.82) is 0 Å². The van der Waals surface area contributed by atoms with Crippen LogP contribution in [0.3, 0.4) is 0 Å². The van der Waals surface area contributed by atoms with Crippen LogP contribution in [0.4, 0.5) is 0 Å². The maximum atomic E-state index is 11.4. The lowest BCUT2D eigenvalue weighted by Gasteiger charge is -2.22. The van der Waals surface area contributed by atoms with E-state index < -0.39 is 17.1 Å². The van der Waals surface area contributed by atoms with Crippen LogP contribution in [0, 0.1) is 0 Å². The van der Waals surface area contributed by atoms with Gasteiger partial charge in [0.25, 0.3) is 0 Å². The number of allylic oxidation sites excluding steroid dienone is 2. The maximum Gasteiger partial charge on any atom is 0.190 e. The van der Waals surface area contributed by atoms with Crippen molar-refractivity contribution in [2.24, 2.45) is 5.73 Å². The van der Waals surface area contributed by atoms with E-state index in [0.29, 0.717) is 0 Å². The minimum Gasteiger partial charge on any atom is -0.377 e. The zero-order chi connectivity index (χ0) is 9.90. The van der Waals surface area contributed by atoms with Crippen molar-refractivity contribution in [3.8, 4) is 0 Å². The first kappa shape index (κ1) is 9.83. The summed E-state index contributed by atoms with van der Waals surface area (Å²) >= 11 is 0. The van der Waals surface area contributed by atoms with Crippen molar-refractivity contribution in [3.63, 3.8) is 0 Å². The maximum absolute atomic E-state index is 11.4. The third-order valence-corrected chi connectivity index (χ3v) is 1.86. The second-order valence-electron chi connectivity index (χ2n) is 2.81. The summed E-state index contributed by atoms with van der Waals surface area (Å²) in [5.41, 5.74) is 4.09. The number of carbonyl (C=O) groups excluding carboxylic acids is 2. The van der Waals surface area contributed by atoms with Crippen LogP contribution in [0.5, 0.6) is 0 Å². The molecule has 0 saturated carbocycles. The highest BCUT2D eigenvalue weighted by atomic mass is 16.5. The van der Waals surface area contributed by atoms with Crippen molar-refractivity contribution >= 4 is 11.6 Å². The van der Waals surface area contributed by atoms with Gasteiger partial charge in [-0.2, -0.15) is 0 Å². The fraction of sp³-hybridized carbons (Fsp3) is 0.333. The summed E-state index contributed by atoms with van der Waals surface area (Å²) in [6.45, 7) is -0.152. The Bertz CT molecular complexity index is 293. The summed E-state index contributed by atoms with van der Waals surface area (Å²) in [6, 6.07) is 0. The van der Waals surface area contributed by atoms with Gasteiger partial charge in [-0.3, -0.25) is 9.59 Å². The zero-order valence-electron chi connectivity index (χ0n) is 7.32. The van der Waals surface area contributed by atoms with Crippen LogP contribution >= 0.6 is 0 Å². The van der Waals surface area contributed by atoms with Gasteiger partial charge in [-0.25, -0.2) is 0 Å². The van der Waals surface area contributed by atoms with Gasteiger partial charge in [0.2, 0.25) is 0 Å². The molecule has 4 heteroatoms. The van der Waals surface area contributed by atoms with Gasteiger partial charge in [-0.15, -0.1) is 0 Å². The SMILES string of the molecule is COCC(=O)C1(N)C=CC=CC1=O. The van der Waals surface area contributed by atoms with Crippen LogP contribution in [-0.4, -0.2) is 30.8 Å². The lowest BCUT2D eigenvalue weighted by molar-refractivity contribution is -0.132. The van der Waals surface area contributed by atoms with Gasteiger partial charge in [-0.05, 0) is 12.2 Å². The van der Waals surface area contributed by atoms with Crippen LogP contribution in [0.25, 0.3) is 0 Å². The van der Waals surface area contributed by atoms with Gasteiger partial charge in [-0.1, -0.05) is 12.2 Å². The molecular weight excluding hydrogens is 170 g/mol. The molecule has 0 bridgehead atoms.